The van der Waals surface area contributed by atoms with Gasteiger partial charge in [0, 0.05) is 24.4 Å². The predicted octanol–water partition coefficient (Wildman–Crippen LogP) is 3.17. The number of benzene rings is 2. The molecule has 2 rings (SSSR count). The molecule has 2 aromatic carbocycles. The molecule has 0 unspecified atom stereocenters. The van der Waals surface area contributed by atoms with Crippen molar-refractivity contribution >= 4 is 21.2 Å². The van der Waals surface area contributed by atoms with Crippen LogP contribution in [0, 0.1) is 17.0 Å². The molecular formula is C15H16N2O4S. The number of hydrogen-bond acceptors (Lipinski definition) is 5. The molecule has 0 aromatic heterocycles. The van der Waals surface area contributed by atoms with Crippen LogP contribution in [0.25, 0.3) is 0 Å². The van der Waals surface area contributed by atoms with E-state index < -0.39 is 14.8 Å². The standard InChI is InChI=1S/C15H16N2O4S/c1-3-16-12-4-9-15(11(2)10-12)22(20,21)14-7-5-13(6-8-14)17(18)19/h4-10,16H,3H2,1-2H3. The Kier molecular flexibility index (Phi) is 4.46. The van der Waals surface area contributed by atoms with Crippen molar-refractivity contribution < 1.29 is 13.3 Å². The Morgan fingerprint density at radius 1 is 1.14 bits per heavy atom. The summed E-state index contributed by atoms with van der Waals surface area (Å²) < 4.78 is 25.2. The molecule has 6 nitrogen and oxygen atoms in total. The fourth-order valence-corrected chi connectivity index (χ4v) is 3.62. The molecule has 0 saturated carbocycles. The first-order chi connectivity index (χ1) is 10.4. The molecule has 0 aliphatic heterocycles. The fraction of sp³-hybridized carbons (Fsp3) is 0.200. The molecule has 0 fully saturated rings. The third-order valence-corrected chi connectivity index (χ3v) is 5.13. The Morgan fingerprint density at radius 3 is 2.27 bits per heavy atom. The van der Waals surface area contributed by atoms with Crippen molar-refractivity contribution in [1.82, 2.24) is 0 Å². The van der Waals surface area contributed by atoms with Crippen LogP contribution in [-0.4, -0.2) is 19.9 Å². The molecule has 0 heterocycles. The number of aryl methyl sites for hydroxylation is 1. The van der Waals surface area contributed by atoms with Gasteiger partial charge in [0.05, 0.1) is 14.7 Å². The van der Waals surface area contributed by atoms with Gasteiger partial charge in [0.1, 0.15) is 0 Å². The molecule has 0 atom stereocenters. The quantitative estimate of drug-likeness (QED) is 0.675. The summed E-state index contributed by atoms with van der Waals surface area (Å²) in [6, 6.07) is 9.90. The lowest BCUT2D eigenvalue weighted by Gasteiger charge is -2.10. The Hall–Kier alpha value is -2.41. The van der Waals surface area contributed by atoms with E-state index >= 15 is 0 Å². The zero-order chi connectivity index (χ0) is 16.3. The Bertz CT molecular complexity index is 799. The molecule has 0 bridgehead atoms. The number of hydrogen-bond donors (Lipinski definition) is 1. The van der Waals surface area contributed by atoms with Crippen molar-refractivity contribution in [3.8, 4) is 0 Å². The van der Waals surface area contributed by atoms with Gasteiger partial charge < -0.3 is 5.32 Å². The van der Waals surface area contributed by atoms with Crippen LogP contribution in [0.2, 0.25) is 0 Å². The van der Waals surface area contributed by atoms with E-state index in [1.165, 1.54) is 24.3 Å². The highest BCUT2D eigenvalue weighted by Gasteiger charge is 2.21. The number of nitrogens with zero attached hydrogens (tertiary/aromatic N) is 1. The molecule has 0 amide bonds. The number of non-ortho nitro benzene ring substituents is 1. The van der Waals surface area contributed by atoms with E-state index in [1.54, 1.807) is 25.1 Å². The minimum absolute atomic E-state index is 0.0393. The second-order valence-corrected chi connectivity index (χ2v) is 6.68. The van der Waals surface area contributed by atoms with Crippen LogP contribution in [0.1, 0.15) is 12.5 Å². The number of rotatable bonds is 5. The summed E-state index contributed by atoms with van der Waals surface area (Å²) >= 11 is 0. The Morgan fingerprint density at radius 2 is 1.77 bits per heavy atom. The maximum atomic E-state index is 12.6. The minimum Gasteiger partial charge on any atom is -0.385 e. The lowest BCUT2D eigenvalue weighted by Crippen LogP contribution is -2.05. The van der Waals surface area contributed by atoms with E-state index in [4.69, 9.17) is 0 Å². The van der Waals surface area contributed by atoms with Gasteiger partial charge in [0.2, 0.25) is 9.84 Å². The van der Waals surface area contributed by atoms with Crippen molar-refractivity contribution in [2.24, 2.45) is 0 Å². The smallest absolute Gasteiger partial charge is 0.269 e. The average molecular weight is 320 g/mol. The van der Waals surface area contributed by atoms with E-state index in [0.717, 1.165) is 12.2 Å². The highest BCUT2D eigenvalue weighted by Crippen LogP contribution is 2.27. The first kappa shape index (κ1) is 16.0. The van der Waals surface area contributed by atoms with Crippen LogP contribution in [0.3, 0.4) is 0 Å². The maximum absolute atomic E-state index is 12.6. The molecule has 0 aliphatic carbocycles. The lowest BCUT2D eigenvalue weighted by molar-refractivity contribution is -0.384. The zero-order valence-electron chi connectivity index (χ0n) is 12.2. The third kappa shape index (κ3) is 3.09. The normalized spacial score (nSPS) is 11.2. The fourth-order valence-electron chi connectivity index (χ4n) is 2.14. The maximum Gasteiger partial charge on any atom is 0.269 e. The van der Waals surface area contributed by atoms with Crippen LogP contribution >= 0.6 is 0 Å². The van der Waals surface area contributed by atoms with Gasteiger partial charge >= 0.3 is 0 Å². The zero-order valence-corrected chi connectivity index (χ0v) is 13.1. The second kappa shape index (κ2) is 6.15. The number of nitro groups is 1. The molecule has 116 valence electrons. The molecule has 1 N–H and O–H groups in total. The summed E-state index contributed by atoms with van der Waals surface area (Å²) in [6.45, 7) is 4.42. The number of anilines is 1. The van der Waals surface area contributed by atoms with Crippen LogP contribution in [-0.2, 0) is 9.84 Å². The average Bonchev–Trinajstić information content (AvgIpc) is 2.47. The molecule has 0 spiro atoms. The van der Waals surface area contributed by atoms with Crippen LogP contribution in [0.5, 0.6) is 0 Å². The summed E-state index contributed by atoms with van der Waals surface area (Å²) in [6.07, 6.45) is 0. The van der Waals surface area contributed by atoms with Crippen molar-refractivity contribution in [3.63, 3.8) is 0 Å². The minimum atomic E-state index is -3.69. The van der Waals surface area contributed by atoms with Crippen LogP contribution in [0.15, 0.2) is 52.3 Å². The van der Waals surface area contributed by atoms with Crippen molar-refractivity contribution in [1.29, 1.82) is 0 Å². The highest BCUT2D eigenvalue weighted by atomic mass is 32.2. The number of sulfone groups is 1. The van der Waals surface area contributed by atoms with Gasteiger partial charge in [0.25, 0.3) is 5.69 Å². The summed E-state index contributed by atoms with van der Waals surface area (Å²) in [5.74, 6) is 0. The Balaban J connectivity index is 2.44. The molecule has 2 aromatic rings. The van der Waals surface area contributed by atoms with Crippen molar-refractivity contribution in [3.05, 3.63) is 58.1 Å². The first-order valence-electron chi connectivity index (χ1n) is 6.70. The molecule has 22 heavy (non-hydrogen) atoms. The van der Waals surface area contributed by atoms with Crippen LogP contribution < -0.4 is 5.32 Å². The van der Waals surface area contributed by atoms with Gasteiger partial charge in [-0.3, -0.25) is 10.1 Å². The van der Waals surface area contributed by atoms with Crippen molar-refractivity contribution in [2.45, 2.75) is 23.6 Å². The monoisotopic (exact) mass is 320 g/mol. The summed E-state index contributed by atoms with van der Waals surface area (Å²) in [7, 11) is -3.69. The van der Waals surface area contributed by atoms with Crippen molar-refractivity contribution in [2.75, 3.05) is 11.9 Å². The predicted molar refractivity (Wildman–Crippen MR) is 83.9 cm³/mol. The highest BCUT2D eigenvalue weighted by molar-refractivity contribution is 7.91. The van der Waals surface area contributed by atoms with Gasteiger partial charge in [-0.15, -0.1) is 0 Å². The molecule has 7 heteroatoms. The van der Waals surface area contributed by atoms with E-state index in [-0.39, 0.29) is 15.5 Å². The van der Waals surface area contributed by atoms with Gasteiger partial charge in [-0.2, -0.15) is 0 Å². The second-order valence-electron chi connectivity index (χ2n) is 4.77. The SMILES string of the molecule is CCNc1ccc(S(=O)(=O)c2ccc([N+](=O)[O-])cc2)c(C)c1. The largest absolute Gasteiger partial charge is 0.385 e. The molecular weight excluding hydrogens is 304 g/mol. The van der Waals surface area contributed by atoms with Crippen LogP contribution in [0.4, 0.5) is 11.4 Å². The van der Waals surface area contributed by atoms with Gasteiger partial charge in [-0.1, -0.05) is 0 Å². The molecule has 0 saturated heterocycles. The Labute approximate surface area is 128 Å². The summed E-state index contributed by atoms with van der Waals surface area (Å²) in [5, 5.41) is 13.8. The third-order valence-electron chi connectivity index (χ3n) is 3.20. The molecule has 0 radical (unpaired) electrons. The van der Waals surface area contributed by atoms with E-state index in [9.17, 15) is 18.5 Å². The van der Waals surface area contributed by atoms with Gasteiger partial charge in [-0.25, -0.2) is 8.42 Å². The summed E-state index contributed by atoms with van der Waals surface area (Å²) in [5.41, 5.74) is 1.33. The van der Waals surface area contributed by atoms with Gasteiger partial charge in [0.15, 0.2) is 0 Å². The van der Waals surface area contributed by atoms with E-state index in [1.807, 2.05) is 6.92 Å². The van der Waals surface area contributed by atoms with E-state index in [0.29, 0.717) is 5.56 Å². The summed E-state index contributed by atoms with van der Waals surface area (Å²) in [4.78, 5) is 10.3. The van der Waals surface area contributed by atoms with E-state index in [2.05, 4.69) is 5.32 Å². The molecule has 0 aliphatic rings. The number of nitrogens with one attached hydrogen (secondary N) is 1. The topological polar surface area (TPSA) is 89.3 Å². The first-order valence-corrected chi connectivity index (χ1v) is 8.18. The number of nitro benzene ring substituents is 1. The lowest BCUT2D eigenvalue weighted by atomic mass is 10.2. The van der Waals surface area contributed by atoms with Gasteiger partial charge in [-0.05, 0) is 49.7 Å².